The first kappa shape index (κ1) is 14.4. The third kappa shape index (κ3) is 3.72. The van der Waals surface area contributed by atoms with Crippen molar-refractivity contribution in [2.24, 2.45) is 0 Å². The van der Waals surface area contributed by atoms with Crippen molar-refractivity contribution in [1.29, 1.82) is 0 Å². The number of nitrogens with zero attached hydrogens (tertiary/aromatic N) is 2. The van der Waals surface area contributed by atoms with Gasteiger partial charge >= 0.3 is 0 Å². The van der Waals surface area contributed by atoms with Crippen LogP contribution in [0, 0.1) is 6.92 Å². The van der Waals surface area contributed by atoms with Gasteiger partial charge in [-0.25, -0.2) is 4.98 Å². The lowest BCUT2D eigenvalue weighted by Gasteiger charge is -2.16. The summed E-state index contributed by atoms with van der Waals surface area (Å²) in [5, 5.41) is 12.5. The highest BCUT2D eigenvalue weighted by molar-refractivity contribution is 7.98. The van der Waals surface area contributed by atoms with Crippen LogP contribution in [0.25, 0.3) is 5.65 Å². The minimum Gasteiger partial charge on any atom is -0.396 e. The van der Waals surface area contributed by atoms with E-state index >= 15 is 0 Å². The second kappa shape index (κ2) is 6.93. The molecule has 1 unspecified atom stereocenters. The Kier molecular flexibility index (Phi) is 5.24. The Bertz CT molecular complexity index is 520. The molecule has 104 valence electrons. The fourth-order valence-electron chi connectivity index (χ4n) is 2.12. The van der Waals surface area contributed by atoms with Gasteiger partial charge in [-0.15, -0.1) is 0 Å². The smallest absolute Gasteiger partial charge is 0.137 e. The maximum atomic E-state index is 9.06. The zero-order chi connectivity index (χ0) is 13.7. The number of aryl methyl sites for hydroxylation is 1. The van der Waals surface area contributed by atoms with E-state index in [-0.39, 0.29) is 6.61 Å². The predicted molar refractivity (Wildman–Crippen MR) is 80.6 cm³/mol. The number of pyridine rings is 1. The van der Waals surface area contributed by atoms with Crippen molar-refractivity contribution in [3.63, 3.8) is 0 Å². The summed E-state index contributed by atoms with van der Waals surface area (Å²) in [4.78, 5) is 4.42. The fourth-order valence-corrected chi connectivity index (χ4v) is 2.80. The summed E-state index contributed by atoms with van der Waals surface area (Å²) >= 11 is 1.80. The van der Waals surface area contributed by atoms with Crippen molar-refractivity contribution < 1.29 is 5.11 Å². The molecule has 2 aromatic rings. The highest BCUT2D eigenvalue weighted by atomic mass is 32.2. The molecule has 0 aliphatic carbocycles. The summed E-state index contributed by atoms with van der Waals surface area (Å²) in [6.45, 7) is 3.07. The average Bonchev–Trinajstić information content (AvgIpc) is 2.78. The van der Waals surface area contributed by atoms with E-state index in [0.29, 0.717) is 6.04 Å². The number of imidazole rings is 1. The van der Waals surface area contributed by atoms with Crippen LogP contribution in [0.4, 0.5) is 0 Å². The first-order valence-corrected chi connectivity index (χ1v) is 7.89. The van der Waals surface area contributed by atoms with Crippen molar-refractivity contribution >= 4 is 17.4 Å². The Balaban J connectivity index is 2.04. The maximum absolute atomic E-state index is 9.06. The van der Waals surface area contributed by atoms with E-state index in [2.05, 4.69) is 46.2 Å². The minimum absolute atomic E-state index is 0.227. The van der Waals surface area contributed by atoms with E-state index in [4.69, 9.17) is 5.11 Å². The molecule has 4 nitrogen and oxygen atoms in total. The van der Waals surface area contributed by atoms with Crippen LogP contribution in [0.1, 0.15) is 17.7 Å². The van der Waals surface area contributed by atoms with Crippen LogP contribution in [0.2, 0.25) is 0 Å². The first-order valence-electron chi connectivity index (χ1n) is 6.50. The van der Waals surface area contributed by atoms with E-state index in [1.807, 2.05) is 6.20 Å². The van der Waals surface area contributed by atoms with Crippen LogP contribution >= 0.6 is 11.8 Å². The molecule has 5 heteroatoms. The molecular weight excluding hydrogens is 258 g/mol. The maximum Gasteiger partial charge on any atom is 0.137 e. The highest BCUT2D eigenvalue weighted by Crippen LogP contribution is 2.10. The van der Waals surface area contributed by atoms with Crippen molar-refractivity contribution in [1.82, 2.24) is 14.7 Å². The van der Waals surface area contributed by atoms with Gasteiger partial charge < -0.3 is 14.8 Å². The van der Waals surface area contributed by atoms with E-state index in [1.54, 1.807) is 11.8 Å². The number of aliphatic hydroxyl groups is 1. The SMILES string of the molecule is CSCC(CCO)NCc1cnc2cc(C)ccn12. The van der Waals surface area contributed by atoms with Gasteiger partial charge in [0.25, 0.3) is 0 Å². The van der Waals surface area contributed by atoms with Gasteiger partial charge in [0.15, 0.2) is 0 Å². The van der Waals surface area contributed by atoms with Gasteiger partial charge in [-0.2, -0.15) is 11.8 Å². The zero-order valence-corrected chi connectivity index (χ0v) is 12.3. The lowest BCUT2D eigenvalue weighted by atomic mass is 10.2. The first-order chi connectivity index (χ1) is 9.24. The second-order valence-electron chi connectivity index (χ2n) is 4.73. The Morgan fingerprint density at radius 3 is 3.11 bits per heavy atom. The Morgan fingerprint density at radius 1 is 1.53 bits per heavy atom. The average molecular weight is 279 g/mol. The van der Waals surface area contributed by atoms with Crippen LogP contribution in [-0.2, 0) is 6.54 Å². The van der Waals surface area contributed by atoms with Crippen LogP contribution in [0.5, 0.6) is 0 Å². The number of thioether (sulfide) groups is 1. The number of hydrogen-bond donors (Lipinski definition) is 2. The van der Waals surface area contributed by atoms with Crippen molar-refractivity contribution in [2.45, 2.75) is 25.9 Å². The van der Waals surface area contributed by atoms with E-state index in [0.717, 1.165) is 30.1 Å². The monoisotopic (exact) mass is 279 g/mol. The summed E-state index contributed by atoms with van der Waals surface area (Å²) in [6, 6.07) is 4.51. The molecule has 19 heavy (non-hydrogen) atoms. The summed E-state index contributed by atoms with van der Waals surface area (Å²) < 4.78 is 2.11. The van der Waals surface area contributed by atoms with Crippen LogP contribution in [-0.4, -0.2) is 39.1 Å². The quantitative estimate of drug-likeness (QED) is 0.812. The van der Waals surface area contributed by atoms with Crippen LogP contribution < -0.4 is 5.32 Å². The third-order valence-corrected chi connectivity index (χ3v) is 3.90. The number of rotatable bonds is 7. The summed E-state index contributed by atoms with van der Waals surface area (Å²) in [7, 11) is 0. The van der Waals surface area contributed by atoms with Gasteiger partial charge in [-0.1, -0.05) is 0 Å². The van der Waals surface area contributed by atoms with Crippen LogP contribution in [0.15, 0.2) is 24.5 Å². The van der Waals surface area contributed by atoms with Gasteiger partial charge in [-0.3, -0.25) is 0 Å². The molecular formula is C14H21N3OS. The topological polar surface area (TPSA) is 49.6 Å². The predicted octanol–water partition coefficient (Wildman–Crippen LogP) is 1.85. The summed E-state index contributed by atoms with van der Waals surface area (Å²) in [5.74, 6) is 1.01. The fraction of sp³-hybridized carbons (Fsp3) is 0.500. The lowest BCUT2D eigenvalue weighted by molar-refractivity contribution is 0.269. The number of aromatic nitrogens is 2. The van der Waals surface area contributed by atoms with Gasteiger partial charge in [-0.05, 0) is 37.3 Å². The third-order valence-electron chi connectivity index (χ3n) is 3.16. The Morgan fingerprint density at radius 2 is 2.37 bits per heavy atom. The summed E-state index contributed by atoms with van der Waals surface area (Å²) in [6.07, 6.45) is 6.85. The normalized spacial score (nSPS) is 13.0. The highest BCUT2D eigenvalue weighted by Gasteiger charge is 2.09. The summed E-state index contributed by atoms with van der Waals surface area (Å²) in [5.41, 5.74) is 3.36. The minimum atomic E-state index is 0.227. The van der Waals surface area contributed by atoms with E-state index in [1.165, 1.54) is 5.56 Å². The molecule has 2 N–H and O–H groups in total. The molecule has 0 saturated carbocycles. The molecule has 0 spiro atoms. The molecule has 0 radical (unpaired) electrons. The Hall–Kier alpha value is -1.04. The Labute approximate surface area is 118 Å². The number of nitrogens with one attached hydrogen (secondary N) is 1. The van der Waals surface area contributed by atoms with Gasteiger partial charge in [0.05, 0.1) is 11.9 Å². The molecule has 2 heterocycles. The van der Waals surface area contributed by atoms with Gasteiger partial charge in [0, 0.05) is 31.1 Å². The van der Waals surface area contributed by atoms with Gasteiger partial charge in [0.1, 0.15) is 5.65 Å². The lowest BCUT2D eigenvalue weighted by Crippen LogP contribution is -2.32. The van der Waals surface area contributed by atoms with Crippen molar-refractivity contribution in [3.8, 4) is 0 Å². The molecule has 0 aliphatic heterocycles. The van der Waals surface area contributed by atoms with Crippen molar-refractivity contribution in [2.75, 3.05) is 18.6 Å². The second-order valence-corrected chi connectivity index (χ2v) is 5.64. The number of hydrogen-bond acceptors (Lipinski definition) is 4. The molecule has 1 atom stereocenters. The van der Waals surface area contributed by atoms with Crippen molar-refractivity contribution in [3.05, 3.63) is 35.8 Å². The zero-order valence-electron chi connectivity index (χ0n) is 11.5. The molecule has 0 aliphatic rings. The molecule has 0 saturated heterocycles. The standard InChI is InChI=1S/C14H21N3OS/c1-11-3-5-17-13(9-16-14(17)7-11)8-15-12(4-6-18)10-19-2/h3,5,7,9,12,15,18H,4,6,8,10H2,1-2H3. The molecule has 2 rings (SSSR count). The molecule has 0 aromatic carbocycles. The molecule has 0 bridgehead atoms. The molecule has 0 fully saturated rings. The molecule has 0 amide bonds. The molecule has 2 aromatic heterocycles. The number of aliphatic hydroxyl groups excluding tert-OH is 1. The largest absolute Gasteiger partial charge is 0.396 e. The van der Waals surface area contributed by atoms with Crippen LogP contribution in [0.3, 0.4) is 0 Å². The van der Waals surface area contributed by atoms with E-state index in [9.17, 15) is 0 Å². The van der Waals surface area contributed by atoms with Gasteiger partial charge in [0.2, 0.25) is 0 Å². The number of fused-ring (bicyclic) bond motifs is 1. The van der Waals surface area contributed by atoms with E-state index < -0.39 is 0 Å².